The van der Waals surface area contributed by atoms with E-state index >= 15 is 0 Å². The zero-order valence-corrected chi connectivity index (χ0v) is 12.5. The molecule has 1 aromatic carbocycles. The summed E-state index contributed by atoms with van der Waals surface area (Å²) in [7, 11) is 0. The third-order valence-electron chi connectivity index (χ3n) is 3.64. The molecule has 1 amide bonds. The van der Waals surface area contributed by atoms with Crippen LogP contribution in [0.25, 0.3) is 0 Å². The fourth-order valence-electron chi connectivity index (χ4n) is 2.46. The number of aryl methyl sites for hydroxylation is 1. The van der Waals surface area contributed by atoms with Gasteiger partial charge in [-0.3, -0.25) is 4.79 Å². The Balaban J connectivity index is 2.11. The maximum Gasteiger partial charge on any atom is 0.251 e. The molecule has 1 fully saturated rings. The fraction of sp³-hybridized carbons (Fsp3) is 0.471. The zero-order valence-electron chi connectivity index (χ0n) is 12.5. The number of aliphatic hydroxyl groups is 1. The van der Waals surface area contributed by atoms with E-state index in [4.69, 9.17) is 9.84 Å². The van der Waals surface area contributed by atoms with Crippen LogP contribution in [0.5, 0.6) is 0 Å². The number of rotatable bonds is 2. The van der Waals surface area contributed by atoms with Crippen LogP contribution in [0, 0.1) is 18.8 Å². The van der Waals surface area contributed by atoms with Gasteiger partial charge in [-0.1, -0.05) is 11.8 Å². The second kappa shape index (κ2) is 6.75. The topological polar surface area (TPSA) is 58.6 Å². The van der Waals surface area contributed by atoms with Crippen molar-refractivity contribution in [1.82, 2.24) is 5.32 Å². The Bertz CT molecular complexity index is 577. The van der Waals surface area contributed by atoms with Crippen LogP contribution in [0.1, 0.15) is 41.3 Å². The highest BCUT2D eigenvalue weighted by Gasteiger charge is 2.29. The summed E-state index contributed by atoms with van der Waals surface area (Å²) in [6.07, 6.45) is 1.89. The quantitative estimate of drug-likeness (QED) is 0.813. The molecule has 1 atom stereocenters. The first-order chi connectivity index (χ1) is 10.0. The molecule has 4 heteroatoms. The van der Waals surface area contributed by atoms with E-state index in [9.17, 15) is 4.79 Å². The summed E-state index contributed by atoms with van der Waals surface area (Å²) in [5.41, 5.74) is 2.08. The number of hydrogen-bond acceptors (Lipinski definition) is 3. The van der Waals surface area contributed by atoms with Crippen LogP contribution in [0.2, 0.25) is 0 Å². The highest BCUT2D eigenvalue weighted by Crippen LogP contribution is 2.19. The number of carbonyl (C=O) groups is 1. The predicted octanol–water partition coefficient (Wildman–Crippen LogP) is 1.64. The molecular weight excluding hydrogens is 266 g/mol. The minimum atomic E-state index is -0.293. The third-order valence-corrected chi connectivity index (χ3v) is 3.64. The van der Waals surface area contributed by atoms with Gasteiger partial charge in [-0.15, -0.1) is 0 Å². The lowest BCUT2D eigenvalue weighted by atomic mass is 9.94. The van der Waals surface area contributed by atoms with Gasteiger partial charge in [0, 0.05) is 17.7 Å². The molecule has 0 spiro atoms. The number of carbonyl (C=O) groups excluding carboxylic acids is 1. The molecule has 112 valence electrons. The molecule has 1 heterocycles. The minimum Gasteiger partial charge on any atom is -0.384 e. The molecule has 1 aromatic rings. The molecule has 4 nitrogen and oxygen atoms in total. The largest absolute Gasteiger partial charge is 0.384 e. The zero-order chi connectivity index (χ0) is 15.3. The molecule has 1 aliphatic heterocycles. The maximum absolute atomic E-state index is 12.4. The van der Waals surface area contributed by atoms with Crippen molar-refractivity contribution in [3.63, 3.8) is 0 Å². The number of hydrogen-bond donors (Lipinski definition) is 2. The normalized spacial score (nSPS) is 21.3. The SMILES string of the molecule is Cc1cc(C(=O)NC2(C)CCCOC2)ccc1C#CCO. The van der Waals surface area contributed by atoms with Crippen molar-refractivity contribution in [3.05, 3.63) is 34.9 Å². The van der Waals surface area contributed by atoms with Crippen LogP contribution >= 0.6 is 0 Å². The summed E-state index contributed by atoms with van der Waals surface area (Å²) < 4.78 is 5.45. The first-order valence-electron chi connectivity index (χ1n) is 7.15. The van der Waals surface area contributed by atoms with Crippen molar-refractivity contribution < 1.29 is 14.6 Å². The molecule has 0 aliphatic carbocycles. The van der Waals surface area contributed by atoms with E-state index in [1.165, 1.54) is 0 Å². The van der Waals surface area contributed by atoms with E-state index in [1.807, 2.05) is 26.0 Å². The lowest BCUT2D eigenvalue weighted by Gasteiger charge is -2.34. The van der Waals surface area contributed by atoms with Gasteiger partial charge >= 0.3 is 0 Å². The Morgan fingerprint density at radius 2 is 2.33 bits per heavy atom. The third kappa shape index (κ3) is 4.07. The number of nitrogens with one attached hydrogen (secondary N) is 1. The lowest BCUT2D eigenvalue weighted by molar-refractivity contribution is 0.0272. The van der Waals surface area contributed by atoms with E-state index in [0.717, 1.165) is 30.6 Å². The van der Waals surface area contributed by atoms with E-state index in [-0.39, 0.29) is 18.1 Å². The average Bonchev–Trinajstić information content (AvgIpc) is 2.46. The lowest BCUT2D eigenvalue weighted by Crippen LogP contribution is -2.51. The van der Waals surface area contributed by atoms with Gasteiger partial charge in [0.1, 0.15) is 6.61 Å². The Hall–Kier alpha value is -1.83. The maximum atomic E-state index is 12.4. The van der Waals surface area contributed by atoms with Gasteiger partial charge < -0.3 is 15.2 Å². The average molecular weight is 287 g/mol. The van der Waals surface area contributed by atoms with Crippen LogP contribution in [0.4, 0.5) is 0 Å². The van der Waals surface area contributed by atoms with E-state index in [2.05, 4.69) is 17.2 Å². The van der Waals surface area contributed by atoms with Crippen LogP contribution in [0.3, 0.4) is 0 Å². The minimum absolute atomic E-state index is 0.0900. The van der Waals surface area contributed by atoms with Gasteiger partial charge in [-0.05, 0) is 50.5 Å². The molecule has 2 rings (SSSR count). The van der Waals surface area contributed by atoms with Gasteiger partial charge in [-0.25, -0.2) is 0 Å². The number of aliphatic hydroxyl groups excluding tert-OH is 1. The van der Waals surface area contributed by atoms with Crippen molar-refractivity contribution in [2.24, 2.45) is 0 Å². The van der Waals surface area contributed by atoms with Crippen molar-refractivity contribution in [2.45, 2.75) is 32.2 Å². The van der Waals surface area contributed by atoms with E-state index in [0.29, 0.717) is 12.2 Å². The van der Waals surface area contributed by atoms with Gasteiger partial charge in [0.15, 0.2) is 0 Å². The first-order valence-corrected chi connectivity index (χ1v) is 7.15. The summed E-state index contributed by atoms with van der Waals surface area (Å²) in [5.74, 6) is 5.39. The number of ether oxygens (including phenoxy) is 1. The van der Waals surface area contributed by atoms with Crippen LogP contribution < -0.4 is 5.32 Å². The summed E-state index contributed by atoms with van der Waals surface area (Å²) in [6, 6.07) is 5.40. The molecule has 0 aromatic heterocycles. The molecule has 1 aliphatic rings. The molecule has 0 bridgehead atoms. The molecule has 0 saturated carbocycles. The van der Waals surface area contributed by atoms with Crippen LogP contribution in [-0.4, -0.2) is 36.4 Å². The molecule has 0 radical (unpaired) electrons. The van der Waals surface area contributed by atoms with E-state index in [1.54, 1.807) is 6.07 Å². The Kier molecular flexibility index (Phi) is 5.00. The molecular formula is C17H21NO3. The standard InChI is InChI=1S/C17H21NO3/c1-13-11-15(7-6-14(13)5-3-9-19)16(20)18-17(2)8-4-10-21-12-17/h6-7,11,19H,4,8-10,12H2,1-2H3,(H,18,20). The van der Waals surface area contributed by atoms with Crippen LogP contribution in [-0.2, 0) is 4.74 Å². The molecule has 1 saturated heterocycles. The first kappa shape index (κ1) is 15.6. The second-order valence-electron chi connectivity index (χ2n) is 5.66. The Morgan fingerprint density at radius 3 is 2.95 bits per heavy atom. The van der Waals surface area contributed by atoms with Crippen molar-refractivity contribution in [2.75, 3.05) is 19.8 Å². The summed E-state index contributed by atoms with van der Waals surface area (Å²) in [6.45, 7) is 5.07. The van der Waals surface area contributed by atoms with Crippen molar-refractivity contribution in [1.29, 1.82) is 0 Å². The Morgan fingerprint density at radius 1 is 1.52 bits per heavy atom. The highest BCUT2D eigenvalue weighted by molar-refractivity contribution is 5.95. The fourth-order valence-corrected chi connectivity index (χ4v) is 2.46. The number of benzene rings is 1. The second-order valence-corrected chi connectivity index (χ2v) is 5.66. The summed E-state index contributed by atoms with van der Waals surface area (Å²) >= 11 is 0. The van der Waals surface area contributed by atoms with Gasteiger partial charge in [0.2, 0.25) is 0 Å². The highest BCUT2D eigenvalue weighted by atomic mass is 16.5. The summed E-state index contributed by atoms with van der Waals surface area (Å²) in [4.78, 5) is 12.4. The molecule has 21 heavy (non-hydrogen) atoms. The van der Waals surface area contributed by atoms with Gasteiger partial charge in [0.05, 0.1) is 12.1 Å². The molecule has 1 unspecified atom stereocenters. The van der Waals surface area contributed by atoms with Crippen molar-refractivity contribution >= 4 is 5.91 Å². The van der Waals surface area contributed by atoms with Gasteiger partial charge in [-0.2, -0.15) is 0 Å². The monoisotopic (exact) mass is 287 g/mol. The summed E-state index contributed by atoms with van der Waals surface area (Å²) in [5, 5.41) is 11.8. The molecule has 2 N–H and O–H groups in total. The van der Waals surface area contributed by atoms with Gasteiger partial charge in [0.25, 0.3) is 5.91 Å². The van der Waals surface area contributed by atoms with E-state index < -0.39 is 0 Å². The predicted molar refractivity (Wildman–Crippen MR) is 81.1 cm³/mol. The van der Waals surface area contributed by atoms with Crippen LogP contribution in [0.15, 0.2) is 18.2 Å². The smallest absolute Gasteiger partial charge is 0.251 e. The van der Waals surface area contributed by atoms with Crippen molar-refractivity contribution in [3.8, 4) is 11.8 Å². The Labute approximate surface area is 125 Å². The number of amides is 1.